The third-order valence-electron chi connectivity index (χ3n) is 4.77. The van der Waals surface area contributed by atoms with Gasteiger partial charge in [-0.3, -0.25) is 13.4 Å². The van der Waals surface area contributed by atoms with Gasteiger partial charge in [0.15, 0.2) is 27.1 Å². The SMILES string of the molecule is Nc1ncnc2c1c(C#CCCC(=O)CCS)cn2[C@H]1CC(O)[C@@H](COPOPOPO)O1. The van der Waals surface area contributed by atoms with Crippen molar-refractivity contribution in [1.29, 1.82) is 0 Å². The average Bonchev–Trinajstić information content (AvgIpc) is 3.35. The molecule has 1 fully saturated rings. The summed E-state index contributed by atoms with van der Waals surface area (Å²) in [7, 11) is -1.25. The number of carbonyl (C=O) groups is 1. The van der Waals surface area contributed by atoms with Crippen molar-refractivity contribution >= 4 is 62.4 Å². The van der Waals surface area contributed by atoms with E-state index < -0.39 is 27.5 Å². The molecular weight excluding hydrogens is 509 g/mol. The van der Waals surface area contributed by atoms with Crippen LogP contribution >= 0.6 is 39.7 Å². The molecule has 33 heavy (non-hydrogen) atoms. The van der Waals surface area contributed by atoms with Crippen LogP contribution in [-0.2, 0) is 22.7 Å². The van der Waals surface area contributed by atoms with Crippen molar-refractivity contribution in [3.05, 3.63) is 18.1 Å². The largest absolute Gasteiger partial charge is 0.390 e. The smallest absolute Gasteiger partial charge is 0.167 e. The standard InChI is InChI=1S/C18H25N4O7P3S/c19-17-16-11(3-1-2-4-12(23)5-6-33)8-22(18(16)21-10-20-17)15-7-13(24)14(27-15)9-26-31-29-32-28-30-25/h8,10,13-15,24-25,30-33H,2,4-7,9H2,(H2,19,20,21)/t13?,14-,15-/m1/s1. The van der Waals surface area contributed by atoms with Gasteiger partial charge < -0.3 is 29.6 Å². The Morgan fingerprint density at radius 1 is 1.36 bits per heavy atom. The lowest BCUT2D eigenvalue weighted by Crippen LogP contribution is -2.25. The van der Waals surface area contributed by atoms with E-state index in [4.69, 9.17) is 28.5 Å². The van der Waals surface area contributed by atoms with Gasteiger partial charge in [0.25, 0.3) is 0 Å². The first-order chi connectivity index (χ1) is 16.0. The lowest BCUT2D eigenvalue weighted by molar-refractivity contribution is -0.118. The molecule has 3 heterocycles. The van der Waals surface area contributed by atoms with Gasteiger partial charge in [0.2, 0.25) is 0 Å². The molecule has 0 aliphatic carbocycles. The van der Waals surface area contributed by atoms with Crippen LogP contribution in [-0.4, -0.2) is 54.9 Å². The Morgan fingerprint density at radius 2 is 2.21 bits per heavy atom. The molecule has 0 saturated carbocycles. The van der Waals surface area contributed by atoms with Crippen LogP contribution < -0.4 is 5.73 Å². The van der Waals surface area contributed by atoms with Gasteiger partial charge >= 0.3 is 0 Å². The predicted octanol–water partition coefficient (Wildman–Crippen LogP) is 2.25. The number of thiol groups is 1. The second kappa shape index (κ2) is 13.8. The molecule has 2 aromatic heterocycles. The maximum atomic E-state index is 11.7. The summed E-state index contributed by atoms with van der Waals surface area (Å²) in [6.07, 6.45) is 2.89. The minimum Gasteiger partial charge on any atom is -0.390 e. The molecule has 4 N–H and O–H groups in total. The van der Waals surface area contributed by atoms with Gasteiger partial charge in [-0.15, -0.1) is 0 Å². The van der Waals surface area contributed by atoms with Crippen molar-refractivity contribution in [2.45, 2.75) is 44.1 Å². The topological polar surface area (TPSA) is 151 Å². The van der Waals surface area contributed by atoms with E-state index in [0.29, 0.717) is 48.0 Å². The quantitative estimate of drug-likeness (QED) is 0.138. The number of rotatable bonds is 12. The van der Waals surface area contributed by atoms with Crippen LogP contribution in [0.3, 0.4) is 0 Å². The fourth-order valence-corrected chi connectivity index (χ4v) is 4.81. The molecule has 1 aliphatic heterocycles. The highest BCUT2D eigenvalue weighted by Gasteiger charge is 2.36. The monoisotopic (exact) mass is 534 g/mol. The third-order valence-corrected chi connectivity index (χ3v) is 6.65. The van der Waals surface area contributed by atoms with E-state index in [1.807, 2.05) is 0 Å². The number of aliphatic hydroxyl groups excluding tert-OH is 1. The summed E-state index contributed by atoms with van der Waals surface area (Å²) in [4.78, 5) is 28.6. The molecule has 15 heteroatoms. The zero-order valence-corrected chi connectivity index (χ0v) is 21.3. The van der Waals surface area contributed by atoms with Gasteiger partial charge in [-0.05, 0) is 5.75 Å². The lowest BCUT2D eigenvalue weighted by atomic mass is 10.1. The summed E-state index contributed by atoms with van der Waals surface area (Å²) in [5.74, 6) is 7.02. The normalized spacial score (nSPS) is 21.2. The lowest BCUT2D eigenvalue weighted by Gasteiger charge is -2.16. The zero-order chi connectivity index (χ0) is 23.6. The highest BCUT2D eigenvalue weighted by Crippen LogP contribution is 2.36. The molecule has 0 aromatic carbocycles. The Labute approximate surface area is 201 Å². The van der Waals surface area contributed by atoms with Crippen molar-refractivity contribution in [3.63, 3.8) is 0 Å². The predicted molar refractivity (Wildman–Crippen MR) is 131 cm³/mol. The summed E-state index contributed by atoms with van der Waals surface area (Å²) < 4.78 is 22.9. The molecule has 0 spiro atoms. The number of nitrogens with zero attached hydrogens (tertiary/aromatic N) is 3. The number of carbonyl (C=O) groups excluding carboxylic acids is 1. The second-order valence-corrected chi connectivity index (χ2v) is 9.81. The third kappa shape index (κ3) is 7.51. The van der Waals surface area contributed by atoms with E-state index in [1.165, 1.54) is 6.33 Å². The van der Waals surface area contributed by atoms with E-state index in [2.05, 4.69) is 34.4 Å². The Balaban J connectivity index is 1.68. The van der Waals surface area contributed by atoms with E-state index >= 15 is 0 Å². The first-order valence-corrected chi connectivity index (χ1v) is 13.1. The minimum absolute atomic E-state index is 0.124. The molecule has 1 aliphatic rings. The number of aliphatic hydroxyl groups is 1. The summed E-state index contributed by atoms with van der Waals surface area (Å²) in [5, 5.41) is 11.0. The molecule has 2 aromatic rings. The van der Waals surface area contributed by atoms with Crippen LogP contribution in [0.25, 0.3) is 11.0 Å². The number of nitrogen functional groups attached to an aromatic ring is 1. The number of anilines is 1. The fraction of sp³-hybridized carbons (Fsp3) is 0.500. The summed E-state index contributed by atoms with van der Waals surface area (Å²) in [6.45, 7) is 0.130. The van der Waals surface area contributed by atoms with Crippen LogP contribution in [0.4, 0.5) is 5.82 Å². The number of hydrogen-bond acceptors (Lipinski definition) is 11. The Bertz CT molecular complexity index is 1000. The number of ether oxygens (including phenoxy) is 1. The molecule has 180 valence electrons. The minimum atomic E-state index is -0.749. The Kier molecular flexibility index (Phi) is 11.2. The average molecular weight is 534 g/mol. The van der Waals surface area contributed by atoms with E-state index in [0.717, 1.165) is 0 Å². The summed E-state index contributed by atoms with van der Waals surface area (Å²) in [5.41, 5.74) is 7.26. The van der Waals surface area contributed by atoms with Crippen molar-refractivity contribution < 1.29 is 32.7 Å². The Hall–Kier alpha value is -0.950. The van der Waals surface area contributed by atoms with Crippen LogP contribution in [0.2, 0.25) is 0 Å². The number of hydrogen-bond donors (Lipinski definition) is 4. The molecular formula is C18H25N4O7P3S. The van der Waals surface area contributed by atoms with Crippen LogP contribution in [0.5, 0.6) is 0 Å². The fourth-order valence-electron chi connectivity index (χ4n) is 3.27. The first kappa shape index (κ1) is 26.7. The molecule has 0 bridgehead atoms. The van der Waals surface area contributed by atoms with E-state index in [-0.39, 0.29) is 36.3 Å². The van der Waals surface area contributed by atoms with Crippen LogP contribution in [0.15, 0.2) is 12.5 Å². The van der Waals surface area contributed by atoms with Crippen molar-refractivity contribution in [1.82, 2.24) is 14.5 Å². The molecule has 0 amide bonds. The number of ketones is 1. The number of fused-ring (bicyclic) bond motifs is 1. The number of nitrogens with two attached hydrogens (primary N) is 1. The van der Waals surface area contributed by atoms with Crippen molar-refractivity contribution in [3.8, 4) is 11.8 Å². The van der Waals surface area contributed by atoms with Crippen molar-refractivity contribution in [2.75, 3.05) is 18.1 Å². The van der Waals surface area contributed by atoms with Gasteiger partial charge in [0, 0.05) is 31.9 Å². The molecule has 0 radical (unpaired) electrons. The molecule has 1 saturated heterocycles. The maximum absolute atomic E-state index is 11.7. The van der Waals surface area contributed by atoms with E-state index in [9.17, 15) is 9.90 Å². The van der Waals surface area contributed by atoms with Crippen LogP contribution in [0.1, 0.15) is 37.5 Å². The maximum Gasteiger partial charge on any atom is 0.167 e. The molecule has 4 unspecified atom stereocenters. The number of aromatic nitrogens is 3. The van der Waals surface area contributed by atoms with Crippen LogP contribution in [0, 0.1) is 11.8 Å². The van der Waals surface area contributed by atoms with Gasteiger partial charge in [-0.25, -0.2) is 9.97 Å². The van der Waals surface area contributed by atoms with E-state index in [1.54, 1.807) is 10.8 Å². The van der Waals surface area contributed by atoms with Gasteiger partial charge in [0.05, 0.1) is 23.7 Å². The van der Waals surface area contributed by atoms with Crippen molar-refractivity contribution in [2.24, 2.45) is 0 Å². The first-order valence-electron chi connectivity index (χ1n) is 9.93. The summed E-state index contributed by atoms with van der Waals surface area (Å²) in [6, 6.07) is 0. The highest BCUT2D eigenvalue weighted by atomic mass is 32.1. The zero-order valence-electron chi connectivity index (χ0n) is 17.4. The number of Topliss-reactive ketones (excluding diaryl/α,β-unsaturated/α-hetero) is 1. The molecule has 3 rings (SSSR count). The Morgan fingerprint density at radius 3 is 3.00 bits per heavy atom. The van der Waals surface area contributed by atoms with Gasteiger partial charge in [0.1, 0.15) is 35.9 Å². The highest BCUT2D eigenvalue weighted by molar-refractivity contribution is 7.80. The molecule has 6 atom stereocenters. The summed E-state index contributed by atoms with van der Waals surface area (Å²) >= 11 is 4.06. The van der Waals surface area contributed by atoms with Gasteiger partial charge in [-0.1, -0.05) is 11.8 Å². The van der Waals surface area contributed by atoms with Gasteiger partial charge in [-0.2, -0.15) is 12.6 Å². The second-order valence-electron chi connectivity index (χ2n) is 6.93. The molecule has 11 nitrogen and oxygen atoms in total.